The zero-order valence-corrected chi connectivity index (χ0v) is 15.1. The molecule has 0 spiro atoms. The minimum Gasteiger partial charge on any atom is -0.329 e. The molecule has 0 bridgehead atoms. The monoisotopic (exact) mass is 368 g/mol. The summed E-state index contributed by atoms with van der Waals surface area (Å²) >= 11 is 0. The maximum Gasteiger partial charge on any atom is 0.254 e. The van der Waals surface area contributed by atoms with E-state index in [0.29, 0.717) is 36.0 Å². The van der Waals surface area contributed by atoms with Crippen molar-refractivity contribution in [2.75, 3.05) is 19.6 Å². The second kappa shape index (κ2) is 6.61. The second-order valence-corrected chi connectivity index (χ2v) is 7.05. The molecule has 2 heterocycles. The van der Waals surface area contributed by atoms with Crippen LogP contribution >= 0.6 is 0 Å². The van der Waals surface area contributed by atoms with Crippen molar-refractivity contribution in [1.82, 2.24) is 19.6 Å². The summed E-state index contributed by atoms with van der Waals surface area (Å²) in [4.78, 5) is 15.8. The predicted molar refractivity (Wildman–Crippen MR) is 98.8 cm³/mol. The van der Waals surface area contributed by atoms with Gasteiger partial charge in [0.15, 0.2) is 5.84 Å². The average Bonchev–Trinajstić information content (AvgIpc) is 3.39. The van der Waals surface area contributed by atoms with Crippen LogP contribution in [0.4, 0.5) is 4.39 Å². The fraction of sp³-hybridized carbons (Fsp3) is 0.368. The molecular weight excluding hydrogens is 347 g/mol. The number of aryl methyl sites for hydroxylation is 1. The first-order valence-corrected chi connectivity index (χ1v) is 8.98. The summed E-state index contributed by atoms with van der Waals surface area (Å²) in [5, 5.41) is 21.1. The van der Waals surface area contributed by atoms with Crippen LogP contribution in [0.25, 0.3) is 0 Å². The molecule has 140 valence electrons. The lowest BCUT2D eigenvalue weighted by molar-refractivity contribution is 0.0757. The van der Waals surface area contributed by atoms with Gasteiger partial charge in [0.1, 0.15) is 17.3 Å². The SMILES string of the molecule is Cc1cc(C(=O)N2CCN(C(=N)c3ccn(C4CC4)n3)C(=N)C2)ccc1F. The number of nitrogens with zero attached hydrogens (tertiary/aromatic N) is 4. The first-order valence-electron chi connectivity index (χ1n) is 8.98. The summed E-state index contributed by atoms with van der Waals surface area (Å²) < 4.78 is 15.3. The zero-order chi connectivity index (χ0) is 19.1. The summed E-state index contributed by atoms with van der Waals surface area (Å²) in [6.45, 7) is 2.48. The Morgan fingerprint density at radius 3 is 2.70 bits per heavy atom. The molecule has 1 aromatic carbocycles. The molecule has 1 aliphatic carbocycles. The third-order valence-electron chi connectivity index (χ3n) is 4.99. The quantitative estimate of drug-likeness (QED) is 0.644. The molecule has 2 aromatic rings. The summed E-state index contributed by atoms with van der Waals surface area (Å²) in [5.41, 5.74) is 1.37. The first kappa shape index (κ1) is 17.4. The molecule has 1 saturated heterocycles. The number of hydrogen-bond acceptors (Lipinski definition) is 4. The number of amidine groups is 2. The van der Waals surface area contributed by atoms with E-state index >= 15 is 0 Å². The van der Waals surface area contributed by atoms with Crippen LogP contribution in [0.2, 0.25) is 0 Å². The molecule has 4 rings (SSSR count). The standard InChI is InChI=1S/C19H21FN6O/c1-12-10-13(2-5-15(12)20)19(27)24-8-9-25(17(21)11-24)18(22)16-6-7-26(23-16)14-3-4-14/h2,5-7,10,14,21-22H,3-4,8-9,11H2,1H3. The highest BCUT2D eigenvalue weighted by atomic mass is 19.1. The van der Waals surface area contributed by atoms with Crippen LogP contribution in [0.1, 0.15) is 40.5 Å². The molecule has 27 heavy (non-hydrogen) atoms. The van der Waals surface area contributed by atoms with Crippen LogP contribution in [-0.2, 0) is 0 Å². The van der Waals surface area contributed by atoms with E-state index in [1.807, 2.05) is 10.9 Å². The molecule has 1 aliphatic heterocycles. The molecule has 7 nitrogen and oxygen atoms in total. The van der Waals surface area contributed by atoms with Gasteiger partial charge in [-0.05, 0) is 49.6 Å². The Morgan fingerprint density at radius 2 is 2.04 bits per heavy atom. The van der Waals surface area contributed by atoms with Crippen LogP contribution in [0.3, 0.4) is 0 Å². The van der Waals surface area contributed by atoms with Gasteiger partial charge in [-0.25, -0.2) is 4.39 Å². The summed E-state index contributed by atoms with van der Waals surface area (Å²) in [5.74, 6) is -0.209. The van der Waals surface area contributed by atoms with E-state index in [1.165, 1.54) is 18.2 Å². The van der Waals surface area contributed by atoms with E-state index in [-0.39, 0.29) is 29.9 Å². The van der Waals surface area contributed by atoms with Gasteiger partial charge in [-0.2, -0.15) is 5.10 Å². The van der Waals surface area contributed by atoms with Gasteiger partial charge in [-0.15, -0.1) is 0 Å². The molecule has 0 unspecified atom stereocenters. The fourth-order valence-corrected chi connectivity index (χ4v) is 3.23. The number of carbonyl (C=O) groups is 1. The largest absolute Gasteiger partial charge is 0.329 e. The molecule has 8 heteroatoms. The van der Waals surface area contributed by atoms with Gasteiger partial charge in [0.2, 0.25) is 0 Å². The van der Waals surface area contributed by atoms with Gasteiger partial charge < -0.3 is 9.80 Å². The molecule has 1 aromatic heterocycles. The van der Waals surface area contributed by atoms with Gasteiger partial charge in [0.05, 0.1) is 12.6 Å². The van der Waals surface area contributed by atoms with E-state index < -0.39 is 0 Å². The number of rotatable bonds is 3. The lowest BCUT2D eigenvalue weighted by atomic mass is 10.1. The highest BCUT2D eigenvalue weighted by Gasteiger charge is 2.30. The first-order chi connectivity index (χ1) is 12.9. The Morgan fingerprint density at radius 1 is 1.26 bits per heavy atom. The predicted octanol–water partition coefficient (Wildman–Crippen LogP) is 2.43. The average molecular weight is 368 g/mol. The van der Waals surface area contributed by atoms with E-state index in [0.717, 1.165) is 12.8 Å². The van der Waals surface area contributed by atoms with E-state index in [2.05, 4.69) is 5.10 Å². The van der Waals surface area contributed by atoms with Crippen LogP contribution in [0.15, 0.2) is 30.5 Å². The Hall–Kier alpha value is -3.03. The Bertz CT molecular complexity index is 932. The molecular formula is C19H21FN6O. The molecule has 0 radical (unpaired) electrons. The van der Waals surface area contributed by atoms with Crippen molar-refractivity contribution in [3.8, 4) is 0 Å². The van der Waals surface area contributed by atoms with Crippen molar-refractivity contribution in [2.45, 2.75) is 25.8 Å². The molecule has 1 amide bonds. The number of hydrogen-bond donors (Lipinski definition) is 2. The number of piperazine rings is 1. The summed E-state index contributed by atoms with van der Waals surface area (Å²) in [7, 11) is 0. The number of amides is 1. The highest BCUT2D eigenvalue weighted by Crippen LogP contribution is 2.34. The molecule has 2 aliphatic rings. The van der Waals surface area contributed by atoms with Crippen LogP contribution in [0, 0.1) is 23.6 Å². The minimum absolute atomic E-state index is 0.112. The number of benzene rings is 1. The second-order valence-electron chi connectivity index (χ2n) is 7.05. The smallest absolute Gasteiger partial charge is 0.254 e. The Balaban J connectivity index is 1.43. The number of carbonyl (C=O) groups excluding carboxylic acids is 1. The maximum atomic E-state index is 13.4. The molecule has 0 atom stereocenters. The van der Waals surface area contributed by atoms with Crippen molar-refractivity contribution in [2.24, 2.45) is 0 Å². The number of aromatic nitrogens is 2. The fourth-order valence-electron chi connectivity index (χ4n) is 3.23. The van der Waals surface area contributed by atoms with Gasteiger partial charge in [-0.3, -0.25) is 20.3 Å². The topological polar surface area (TPSA) is 89.1 Å². The van der Waals surface area contributed by atoms with Gasteiger partial charge in [-0.1, -0.05) is 0 Å². The lowest BCUT2D eigenvalue weighted by Crippen LogP contribution is -2.54. The van der Waals surface area contributed by atoms with E-state index in [9.17, 15) is 9.18 Å². The highest BCUT2D eigenvalue weighted by molar-refractivity contribution is 6.08. The third-order valence-corrected chi connectivity index (χ3v) is 4.99. The molecule has 1 saturated carbocycles. The lowest BCUT2D eigenvalue weighted by Gasteiger charge is -2.36. The van der Waals surface area contributed by atoms with Crippen molar-refractivity contribution < 1.29 is 9.18 Å². The van der Waals surface area contributed by atoms with Gasteiger partial charge in [0.25, 0.3) is 5.91 Å². The minimum atomic E-state index is -0.344. The van der Waals surface area contributed by atoms with Gasteiger partial charge >= 0.3 is 0 Å². The number of halogens is 1. The van der Waals surface area contributed by atoms with Crippen molar-refractivity contribution >= 4 is 17.6 Å². The van der Waals surface area contributed by atoms with Crippen LogP contribution < -0.4 is 0 Å². The van der Waals surface area contributed by atoms with E-state index in [1.54, 1.807) is 22.8 Å². The normalized spacial score (nSPS) is 17.3. The van der Waals surface area contributed by atoms with Crippen LogP contribution in [-0.4, -0.2) is 56.8 Å². The van der Waals surface area contributed by atoms with Crippen LogP contribution in [0.5, 0.6) is 0 Å². The van der Waals surface area contributed by atoms with Crippen molar-refractivity contribution in [3.63, 3.8) is 0 Å². The Labute approximate surface area is 156 Å². The third kappa shape index (κ3) is 3.34. The number of nitrogens with one attached hydrogen (secondary N) is 2. The summed E-state index contributed by atoms with van der Waals surface area (Å²) in [6.07, 6.45) is 4.11. The summed E-state index contributed by atoms with van der Waals surface area (Å²) in [6, 6.07) is 6.52. The molecule has 2 N–H and O–H groups in total. The van der Waals surface area contributed by atoms with Crippen molar-refractivity contribution in [1.29, 1.82) is 10.8 Å². The van der Waals surface area contributed by atoms with Crippen molar-refractivity contribution in [3.05, 3.63) is 53.1 Å². The van der Waals surface area contributed by atoms with E-state index in [4.69, 9.17) is 10.8 Å². The zero-order valence-electron chi connectivity index (χ0n) is 15.1. The maximum absolute atomic E-state index is 13.4. The molecule has 2 fully saturated rings. The van der Waals surface area contributed by atoms with Gasteiger partial charge in [0, 0.05) is 24.8 Å². The Kier molecular flexibility index (Phi) is 4.25.